The fourth-order valence-electron chi connectivity index (χ4n) is 5.35. The lowest BCUT2D eigenvalue weighted by Gasteiger charge is -2.24. The number of hydrogen-bond donors (Lipinski definition) is 2. The van der Waals surface area contributed by atoms with E-state index in [1.165, 1.54) is 24.5 Å². The van der Waals surface area contributed by atoms with Crippen molar-refractivity contribution in [2.45, 2.75) is 25.7 Å². The number of rotatable bonds is 11. The van der Waals surface area contributed by atoms with Crippen molar-refractivity contribution in [1.29, 1.82) is 0 Å². The molecule has 2 fully saturated rings. The molecule has 45 heavy (non-hydrogen) atoms. The van der Waals surface area contributed by atoms with Crippen molar-refractivity contribution in [1.82, 2.24) is 14.9 Å². The van der Waals surface area contributed by atoms with Gasteiger partial charge in [0.05, 0.1) is 48.3 Å². The van der Waals surface area contributed by atoms with Gasteiger partial charge in [-0.15, -0.1) is 0 Å². The molecule has 0 spiro atoms. The predicted octanol–water partition coefficient (Wildman–Crippen LogP) is 5.74. The SMILES string of the molecule is CCOc1cc2ncnc(Nc3ccc(OCc4cccc(F)c4)c(Cl)c3)c2cc1NC(=O)C=CCN1C[C@@H]2OCCO[C@@H]2C1. The molecule has 0 unspecified atom stereocenters. The molecule has 10 nitrogen and oxygen atoms in total. The van der Waals surface area contributed by atoms with Crippen LogP contribution in [0.4, 0.5) is 21.6 Å². The summed E-state index contributed by atoms with van der Waals surface area (Å²) in [6, 6.07) is 15.0. The number of hydrogen-bond acceptors (Lipinski definition) is 9. The van der Waals surface area contributed by atoms with Crippen molar-refractivity contribution in [3.63, 3.8) is 0 Å². The van der Waals surface area contributed by atoms with Crippen LogP contribution in [0, 0.1) is 5.82 Å². The van der Waals surface area contributed by atoms with Gasteiger partial charge in [0.15, 0.2) is 0 Å². The quantitative estimate of drug-likeness (QED) is 0.200. The Kier molecular flexibility index (Phi) is 9.70. The van der Waals surface area contributed by atoms with Crippen molar-refractivity contribution >= 4 is 45.6 Å². The molecule has 12 heteroatoms. The molecule has 234 valence electrons. The summed E-state index contributed by atoms with van der Waals surface area (Å²) in [5.74, 6) is 0.859. The average molecular weight is 634 g/mol. The standard InChI is InChI=1S/C33H33ClFN5O5/c1-2-42-29-16-26-24(15-27(29)39-32(41)7-4-10-40-17-30-31(18-40)44-12-11-43-30)33(37-20-36-26)38-23-8-9-28(25(34)14-23)45-19-21-5-3-6-22(35)13-21/h3-9,13-16,20,30-31H,2,10-12,17-19H2,1H3,(H,39,41)(H,36,37,38)/t30-,31+. The van der Waals surface area contributed by atoms with Crippen LogP contribution in [0.1, 0.15) is 12.5 Å². The van der Waals surface area contributed by atoms with Crippen LogP contribution < -0.4 is 20.1 Å². The fraction of sp³-hybridized carbons (Fsp3) is 0.303. The van der Waals surface area contributed by atoms with Crippen molar-refractivity contribution in [2.75, 3.05) is 50.1 Å². The van der Waals surface area contributed by atoms with Crippen LogP contribution in [-0.2, 0) is 20.9 Å². The molecule has 1 aromatic heterocycles. The number of carbonyl (C=O) groups is 1. The number of benzene rings is 3. The number of anilines is 3. The maximum absolute atomic E-state index is 13.5. The first-order valence-electron chi connectivity index (χ1n) is 14.7. The van der Waals surface area contributed by atoms with E-state index >= 15 is 0 Å². The van der Waals surface area contributed by atoms with Gasteiger partial charge in [0.1, 0.15) is 36.1 Å². The highest BCUT2D eigenvalue weighted by atomic mass is 35.5. The smallest absolute Gasteiger partial charge is 0.248 e. The van der Waals surface area contributed by atoms with Gasteiger partial charge in [-0.25, -0.2) is 14.4 Å². The van der Waals surface area contributed by atoms with E-state index in [9.17, 15) is 9.18 Å². The molecule has 3 aromatic carbocycles. The van der Waals surface area contributed by atoms with Gasteiger partial charge < -0.3 is 29.6 Å². The second-order valence-corrected chi connectivity index (χ2v) is 11.0. The van der Waals surface area contributed by atoms with Gasteiger partial charge in [-0.2, -0.15) is 0 Å². The van der Waals surface area contributed by atoms with Crippen molar-refractivity contribution in [2.24, 2.45) is 0 Å². The lowest BCUT2D eigenvalue weighted by Crippen LogP contribution is -2.36. The summed E-state index contributed by atoms with van der Waals surface area (Å²) < 4.78 is 36.7. The highest BCUT2D eigenvalue weighted by Gasteiger charge is 2.35. The van der Waals surface area contributed by atoms with Gasteiger partial charge in [-0.3, -0.25) is 9.69 Å². The molecule has 0 aliphatic carbocycles. The van der Waals surface area contributed by atoms with Crippen LogP contribution in [-0.4, -0.2) is 72.4 Å². The first-order valence-corrected chi connectivity index (χ1v) is 15.1. The van der Waals surface area contributed by atoms with E-state index in [0.29, 0.717) is 76.5 Å². The van der Waals surface area contributed by atoms with Crippen molar-refractivity contribution in [3.05, 3.63) is 89.5 Å². The van der Waals surface area contributed by atoms with Crippen molar-refractivity contribution in [3.8, 4) is 11.5 Å². The maximum Gasteiger partial charge on any atom is 0.248 e. The van der Waals surface area contributed by atoms with Gasteiger partial charge in [-0.05, 0) is 48.9 Å². The Bertz CT molecular complexity index is 1690. The predicted molar refractivity (Wildman–Crippen MR) is 170 cm³/mol. The number of ether oxygens (including phenoxy) is 4. The molecule has 2 N–H and O–H groups in total. The summed E-state index contributed by atoms with van der Waals surface area (Å²) in [6.07, 6.45) is 4.98. The van der Waals surface area contributed by atoms with Gasteiger partial charge >= 0.3 is 0 Å². The van der Waals surface area contributed by atoms with E-state index in [1.807, 2.05) is 13.0 Å². The molecule has 0 bridgehead atoms. The third-order valence-corrected chi connectivity index (χ3v) is 7.74. The van der Waals surface area contributed by atoms with Gasteiger partial charge in [0, 0.05) is 42.9 Å². The number of amides is 1. The third-order valence-electron chi connectivity index (χ3n) is 7.44. The molecule has 2 aliphatic heterocycles. The molecule has 2 atom stereocenters. The van der Waals surface area contributed by atoms with E-state index in [4.69, 9.17) is 30.5 Å². The lowest BCUT2D eigenvalue weighted by molar-refractivity contribution is -0.116. The van der Waals surface area contributed by atoms with Crippen LogP contribution in [0.25, 0.3) is 10.9 Å². The number of aromatic nitrogens is 2. The molecule has 6 rings (SSSR count). The first kappa shape index (κ1) is 30.7. The minimum Gasteiger partial charge on any atom is -0.492 e. The van der Waals surface area contributed by atoms with Crippen LogP contribution in [0.15, 0.2) is 73.1 Å². The first-order chi connectivity index (χ1) is 21.9. The van der Waals surface area contributed by atoms with E-state index in [0.717, 1.165) is 13.1 Å². The number of nitrogens with one attached hydrogen (secondary N) is 2. The van der Waals surface area contributed by atoms with Crippen LogP contribution >= 0.6 is 11.6 Å². The lowest BCUT2D eigenvalue weighted by atomic mass is 10.1. The van der Waals surface area contributed by atoms with Crippen LogP contribution in [0.3, 0.4) is 0 Å². The zero-order valence-corrected chi connectivity index (χ0v) is 25.4. The van der Waals surface area contributed by atoms with E-state index in [2.05, 4.69) is 25.5 Å². The summed E-state index contributed by atoms with van der Waals surface area (Å²) in [6.45, 7) is 5.88. The Labute approximate surface area is 265 Å². The number of halogens is 2. The molecular formula is C33H33ClFN5O5. The van der Waals surface area contributed by atoms with Gasteiger partial charge in [0.2, 0.25) is 5.91 Å². The molecule has 0 radical (unpaired) electrons. The molecule has 2 aliphatic rings. The van der Waals surface area contributed by atoms with Crippen LogP contribution in [0.5, 0.6) is 11.5 Å². The Morgan fingerprint density at radius 3 is 2.64 bits per heavy atom. The molecule has 3 heterocycles. The van der Waals surface area contributed by atoms with E-state index in [-0.39, 0.29) is 30.5 Å². The molecular weight excluding hydrogens is 601 g/mol. The summed E-state index contributed by atoms with van der Waals surface area (Å²) in [5, 5.41) is 7.26. The molecule has 2 saturated heterocycles. The number of fused-ring (bicyclic) bond motifs is 2. The second kappa shape index (κ2) is 14.2. The topological polar surface area (TPSA) is 107 Å². The average Bonchev–Trinajstić information content (AvgIpc) is 3.44. The zero-order chi connectivity index (χ0) is 31.2. The summed E-state index contributed by atoms with van der Waals surface area (Å²) in [5.41, 5.74) is 2.48. The highest BCUT2D eigenvalue weighted by Crippen LogP contribution is 2.35. The minimum atomic E-state index is -0.326. The molecule has 1 amide bonds. The van der Waals surface area contributed by atoms with Gasteiger partial charge in [-0.1, -0.05) is 29.8 Å². The van der Waals surface area contributed by atoms with Crippen molar-refractivity contribution < 1.29 is 28.1 Å². The zero-order valence-electron chi connectivity index (χ0n) is 24.7. The summed E-state index contributed by atoms with van der Waals surface area (Å²) in [4.78, 5) is 24.0. The largest absolute Gasteiger partial charge is 0.492 e. The summed E-state index contributed by atoms with van der Waals surface area (Å²) in [7, 11) is 0. The molecule has 0 saturated carbocycles. The van der Waals surface area contributed by atoms with Crippen LogP contribution in [0.2, 0.25) is 5.02 Å². The summed E-state index contributed by atoms with van der Waals surface area (Å²) >= 11 is 6.51. The molecule has 4 aromatic rings. The second-order valence-electron chi connectivity index (χ2n) is 10.6. The number of carbonyl (C=O) groups excluding carboxylic acids is 1. The number of likely N-dealkylation sites (tertiary alicyclic amines) is 1. The highest BCUT2D eigenvalue weighted by molar-refractivity contribution is 6.32. The van der Waals surface area contributed by atoms with E-state index < -0.39 is 0 Å². The maximum atomic E-state index is 13.5. The van der Waals surface area contributed by atoms with E-state index in [1.54, 1.807) is 42.5 Å². The number of nitrogens with zero attached hydrogens (tertiary/aromatic N) is 3. The minimum absolute atomic E-state index is 0.0893. The Morgan fingerprint density at radius 2 is 1.89 bits per heavy atom. The Balaban J connectivity index is 1.14. The normalized spacial score (nSPS) is 18.2. The van der Waals surface area contributed by atoms with Gasteiger partial charge in [0.25, 0.3) is 0 Å². The fourth-order valence-corrected chi connectivity index (χ4v) is 5.58. The monoisotopic (exact) mass is 633 g/mol. The third kappa shape index (κ3) is 7.69. The Hall–Kier alpha value is -4.29. The Morgan fingerprint density at radius 1 is 1.07 bits per heavy atom.